The third kappa shape index (κ3) is 14.3. The fraction of sp³-hybridized carbons (Fsp3) is 0.219. The first kappa shape index (κ1) is 42.1. The Morgan fingerprint density at radius 2 is 0.706 bits per heavy atom. The van der Waals surface area contributed by atoms with Crippen molar-refractivity contribution in [2.75, 3.05) is 0 Å². The fourth-order valence-electron chi connectivity index (χ4n) is 5.17. The van der Waals surface area contributed by atoms with Crippen LogP contribution in [0.3, 0.4) is 0 Å². The van der Waals surface area contributed by atoms with Gasteiger partial charge in [-0.05, 0) is 55.5 Å². The SMILES string of the molecule is CC#N.CC(C)[C@H]([C@H](C)[S+]1c2ccccc2Oc2ccccc21)[S+]1c2ccccc2Oc2ccccc21.F[P-](F)(F)(F)(F)F.F[P-](F)(F)(F)(F)F. The topological polar surface area (TPSA) is 42.2 Å². The Hall–Kier alpha value is -3.31. The summed E-state index contributed by atoms with van der Waals surface area (Å²) in [5, 5.41) is 8.17. The molecule has 19 heteroatoms. The molecule has 0 amide bonds. The molecule has 3 nitrogen and oxygen atoms in total. The van der Waals surface area contributed by atoms with Crippen molar-refractivity contribution in [3.63, 3.8) is 0 Å². The summed E-state index contributed by atoms with van der Waals surface area (Å²) in [5.41, 5.74) is 0. The molecule has 2 aliphatic heterocycles. The molecule has 0 fully saturated rings. The summed E-state index contributed by atoms with van der Waals surface area (Å²) in [6, 6.07) is 36.2. The van der Waals surface area contributed by atoms with Crippen LogP contribution in [0.4, 0.5) is 50.4 Å². The van der Waals surface area contributed by atoms with Gasteiger partial charge in [0.1, 0.15) is 0 Å². The monoisotopic (exact) mass is 815 g/mol. The van der Waals surface area contributed by atoms with Gasteiger partial charge in [-0.15, -0.1) is 0 Å². The number of ether oxygens (including phenoxy) is 2. The average molecular weight is 816 g/mol. The first-order chi connectivity index (χ1) is 22.9. The molecule has 0 radical (unpaired) electrons. The molecule has 4 aromatic rings. The molecule has 2 atom stereocenters. The average Bonchev–Trinajstić information content (AvgIpc) is 2.96. The molecule has 2 aliphatic rings. The van der Waals surface area contributed by atoms with E-state index in [2.05, 4.69) is 118 Å². The summed E-state index contributed by atoms with van der Waals surface area (Å²) >= 11 is 0. The van der Waals surface area contributed by atoms with Gasteiger partial charge in [0.15, 0.2) is 33.5 Å². The molecule has 0 spiro atoms. The Morgan fingerprint density at radius 1 is 0.490 bits per heavy atom. The van der Waals surface area contributed by atoms with Crippen LogP contribution in [0, 0.1) is 17.2 Å². The van der Waals surface area contributed by atoms with Crippen molar-refractivity contribution in [1.82, 2.24) is 0 Å². The number of nitrogens with zero attached hydrogens (tertiary/aromatic N) is 1. The summed E-state index contributed by atoms with van der Waals surface area (Å²) in [6.07, 6.45) is 0. The first-order valence-electron chi connectivity index (χ1n) is 14.6. The van der Waals surface area contributed by atoms with E-state index in [0.29, 0.717) is 16.4 Å². The van der Waals surface area contributed by atoms with E-state index in [0.717, 1.165) is 23.0 Å². The van der Waals surface area contributed by atoms with Crippen molar-refractivity contribution in [1.29, 1.82) is 5.26 Å². The number of hydrogen-bond acceptors (Lipinski definition) is 3. The number of hydrogen-bond donors (Lipinski definition) is 0. The third-order valence-corrected chi connectivity index (χ3v) is 12.5. The molecule has 0 N–H and O–H groups in total. The summed E-state index contributed by atoms with van der Waals surface area (Å²) in [4.78, 5) is 5.28. The Kier molecular flexibility index (Phi) is 11.2. The molecule has 0 bridgehead atoms. The van der Waals surface area contributed by atoms with Gasteiger partial charge in [-0.2, -0.15) is 5.26 Å². The first-order valence-corrected chi connectivity index (χ1v) is 21.2. The Balaban J connectivity index is 0.000000346. The number of fused-ring (bicyclic) bond motifs is 4. The molecule has 0 aliphatic carbocycles. The molecular weight excluding hydrogens is 784 g/mol. The molecule has 0 unspecified atom stereocenters. The van der Waals surface area contributed by atoms with Gasteiger partial charge in [0.2, 0.25) is 19.6 Å². The van der Waals surface area contributed by atoms with Crippen LogP contribution in [-0.2, 0) is 21.8 Å². The normalized spacial score (nSPS) is 17.4. The van der Waals surface area contributed by atoms with E-state index in [9.17, 15) is 50.4 Å². The van der Waals surface area contributed by atoms with Gasteiger partial charge in [0.05, 0.1) is 27.9 Å². The van der Waals surface area contributed by atoms with E-state index < -0.39 is 15.6 Å². The van der Waals surface area contributed by atoms with E-state index in [-0.39, 0.29) is 21.8 Å². The molecule has 0 saturated carbocycles. The number of benzene rings is 4. The molecule has 282 valence electrons. The third-order valence-electron chi connectivity index (χ3n) is 6.55. The van der Waals surface area contributed by atoms with Gasteiger partial charge >= 0.3 is 66.0 Å². The van der Waals surface area contributed by atoms with Crippen LogP contribution in [0.15, 0.2) is 117 Å². The van der Waals surface area contributed by atoms with Gasteiger partial charge < -0.3 is 9.47 Å². The maximum absolute atomic E-state index is 10.7. The van der Waals surface area contributed by atoms with Crippen LogP contribution in [0.5, 0.6) is 23.0 Å². The van der Waals surface area contributed by atoms with Gasteiger partial charge in [-0.1, -0.05) is 62.4 Å². The summed E-state index contributed by atoms with van der Waals surface area (Å²) in [7, 11) is -21.5. The standard InChI is InChI=1S/C30H28O2S2.C2H3N.2F6P/c1-20(2)30(34-28-18-10-6-14-24(28)32-25-15-7-11-19-29(25)34)21(3)33-26-16-8-4-12-22(26)31-23-13-5-9-17-27(23)33;1-2-3;2*1-7(2,3,4,5)6/h4-21,30H,1-3H3;1H3;;/q+2;;2*-1/t21-,30+;;;/m0.../s1. The Labute approximate surface area is 291 Å². The van der Waals surface area contributed by atoms with Crippen molar-refractivity contribution in [2.24, 2.45) is 5.92 Å². The van der Waals surface area contributed by atoms with Crippen molar-refractivity contribution >= 4 is 37.4 Å². The quantitative estimate of drug-likeness (QED) is 0.117. The second kappa shape index (κ2) is 13.6. The number of halogens is 12. The van der Waals surface area contributed by atoms with E-state index in [1.165, 1.54) is 26.5 Å². The van der Waals surface area contributed by atoms with Crippen LogP contribution < -0.4 is 9.47 Å². The predicted molar refractivity (Wildman–Crippen MR) is 180 cm³/mol. The van der Waals surface area contributed by atoms with Crippen molar-refractivity contribution in [3.8, 4) is 29.1 Å². The van der Waals surface area contributed by atoms with Crippen LogP contribution in [0.1, 0.15) is 27.7 Å². The maximum atomic E-state index is 9.87. The number of para-hydroxylation sites is 4. The molecule has 6 rings (SSSR count). The summed E-state index contributed by atoms with van der Waals surface area (Å²) in [5.74, 6) is 4.48. The van der Waals surface area contributed by atoms with Crippen molar-refractivity contribution < 1.29 is 59.8 Å². The second-order valence-corrected chi connectivity index (χ2v) is 19.5. The molecule has 0 saturated heterocycles. The number of rotatable bonds is 4. The predicted octanol–water partition coefficient (Wildman–Crippen LogP) is 15.4. The number of nitriles is 1. The van der Waals surface area contributed by atoms with E-state index in [1.807, 2.05) is 0 Å². The zero-order valence-electron chi connectivity index (χ0n) is 27.0. The van der Waals surface area contributed by atoms with Gasteiger partial charge in [-0.25, -0.2) is 0 Å². The summed E-state index contributed by atoms with van der Waals surface area (Å²) in [6.45, 7) is 8.66. The molecule has 4 aromatic carbocycles. The van der Waals surface area contributed by atoms with E-state index >= 15 is 0 Å². The molecular formula is C32H31F12NO2P2S2. The second-order valence-electron chi connectivity index (χ2n) is 11.2. The van der Waals surface area contributed by atoms with E-state index in [4.69, 9.17) is 14.7 Å². The summed E-state index contributed by atoms with van der Waals surface area (Å²) < 4.78 is 131. The Morgan fingerprint density at radius 3 is 0.941 bits per heavy atom. The van der Waals surface area contributed by atoms with E-state index in [1.54, 1.807) is 6.07 Å². The minimum absolute atomic E-state index is 0.104. The van der Waals surface area contributed by atoms with Gasteiger partial charge in [-0.3, -0.25) is 0 Å². The zero-order chi connectivity index (χ0) is 38.8. The van der Waals surface area contributed by atoms with Crippen LogP contribution >= 0.6 is 15.6 Å². The van der Waals surface area contributed by atoms with Crippen LogP contribution in [0.25, 0.3) is 0 Å². The minimum atomic E-state index is -10.7. The molecule has 2 heterocycles. The van der Waals surface area contributed by atoms with Crippen molar-refractivity contribution in [3.05, 3.63) is 97.1 Å². The zero-order valence-corrected chi connectivity index (χ0v) is 30.4. The molecule has 0 aromatic heterocycles. The molecule has 51 heavy (non-hydrogen) atoms. The van der Waals surface area contributed by atoms with Crippen LogP contribution in [0.2, 0.25) is 0 Å². The Bertz CT molecular complexity index is 1760. The van der Waals surface area contributed by atoms with Crippen molar-refractivity contribution in [2.45, 2.75) is 57.8 Å². The van der Waals surface area contributed by atoms with Gasteiger partial charge in [0.25, 0.3) is 0 Å². The fourth-order valence-corrected chi connectivity index (χ4v) is 11.4. The van der Waals surface area contributed by atoms with Crippen LogP contribution in [-0.4, -0.2) is 10.5 Å². The van der Waals surface area contributed by atoms with Gasteiger partial charge in [0, 0.05) is 12.8 Å².